The van der Waals surface area contributed by atoms with Crippen molar-refractivity contribution in [1.82, 2.24) is 14.5 Å². The number of amides is 1. The Bertz CT molecular complexity index is 893. The van der Waals surface area contributed by atoms with Crippen LogP contribution >= 0.6 is 0 Å². The Morgan fingerprint density at radius 2 is 1.92 bits per heavy atom. The van der Waals surface area contributed by atoms with Crippen LogP contribution in [0.4, 0.5) is 5.95 Å². The molecular formula is C18H20N4O2. The molecule has 0 aliphatic rings. The Kier molecular flexibility index (Phi) is 3.97. The molecule has 24 heavy (non-hydrogen) atoms. The maximum Gasteiger partial charge on any atom is 0.263 e. The van der Waals surface area contributed by atoms with Crippen LogP contribution in [0.5, 0.6) is 5.88 Å². The lowest BCUT2D eigenvalue weighted by atomic mass is 10.1. The molecule has 1 amide bonds. The van der Waals surface area contributed by atoms with Gasteiger partial charge in [-0.2, -0.15) is 0 Å². The molecule has 6 heteroatoms. The number of para-hydroxylation sites is 2. The van der Waals surface area contributed by atoms with Gasteiger partial charge in [0.2, 0.25) is 11.8 Å². The Balaban J connectivity index is 2.05. The van der Waals surface area contributed by atoms with Crippen molar-refractivity contribution in [2.45, 2.75) is 26.3 Å². The van der Waals surface area contributed by atoms with E-state index in [1.807, 2.05) is 28.8 Å². The number of ether oxygens (including phenoxy) is 1. The Morgan fingerprint density at radius 3 is 2.62 bits per heavy atom. The van der Waals surface area contributed by atoms with Crippen LogP contribution in [-0.4, -0.2) is 27.6 Å². The molecule has 1 aromatic carbocycles. The van der Waals surface area contributed by atoms with E-state index in [0.717, 1.165) is 11.0 Å². The summed E-state index contributed by atoms with van der Waals surface area (Å²) in [5.41, 5.74) is 1.93. The zero-order chi connectivity index (χ0) is 17.3. The van der Waals surface area contributed by atoms with E-state index in [1.54, 1.807) is 18.3 Å². The maximum absolute atomic E-state index is 12.7. The third-order valence-corrected chi connectivity index (χ3v) is 3.67. The minimum absolute atomic E-state index is 0.238. The summed E-state index contributed by atoms with van der Waals surface area (Å²) in [6.07, 6.45) is 1.58. The molecule has 0 aliphatic heterocycles. The molecule has 3 rings (SSSR count). The summed E-state index contributed by atoms with van der Waals surface area (Å²) >= 11 is 0. The second kappa shape index (κ2) is 5.96. The van der Waals surface area contributed by atoms with Crippen molar-refractivity contribution in [3.8, 4) is 5.88 Å². The molecule has 6 nitrogen and oxygen atoms in total. The predicted molar refractivity (Wildman–Crippen MR) is 93.5 cm³/mol. The number of carbonyl (C=O) groups is 1. The summed E-state index contributed by atoms with van der Waals surface area (Å²) in [6.45, 7) is 6.21. The molecule has 0 fully saturated rings. The Morgan fingerprint density at radius 1 is 1.17 bits per heavy atom. The number of benzene rings is 1. The van der Waals surface area contributed by atoms with Crippen LogP contribution in [0.25, 0.3) is 11.0 Å². The molecule has 0 radical (unpaired) electrons. The van der Waals surface area contributed by atoms with Crippen molar-refractivity contribution in [2.75, 3.05) is 12.4 Å². The van der Waals surface area contributed by atoms with Gasteiger partial charge in [0.1, 0.15) is 5.56 Å². The Hall–Kier alpha value is -2.89. The van der Waals surface area contributed by atoms with Crippen molar-refractivity contribution >= 4 is 22.9 Å². The second-order valence-electron chi connectivity index (χ2n) is 6.44. The minimum Gasteiger partial charge on any atom is -0.480 e. The van der Waals surface area contributed by atoms with Gasteiger partial charge < -0.3 is 9.30 Å². The number of hydrogen-bond donors (Lipinski definition) is 1. The van der Waals surface area contributed by atoms with E-state index >= 15 is 0 Å². The molecule has 0 unspecified atom stereocenters. The fourth-order valence-corrected chi connectivity index (χ4v) is 2.68. The van der Waals surface area contributed by atoms with Crippen molar-refractivity contribution in [3.05, 3.63) is 48.2 Å². The lowest BCUT2D eigenvalue weighted by Gasteiger charge is -2.24. The number of aromatic nitrogens is 3. The van der Waals surface area contributed by atoms with Gasteiger partial charge in [-0.05, 0) is 45.0 Å². The van der Waals surface area contributed by atoms with Crippen LogP contribution in [0.2, 0.25) is 0 Å². The van der Waals surface area contributed by atoms with Crippen LogP contribution in [0.3, 0.4) is 0 Å². The summed E-state index contributed by atoms with van der Waals surface area (Å²) in [6, 6.07) is 11.2. The number of rotatable bonds is 3. The second-order valence-corrected chi connectivity index (χ2v) is 6.44. The first-order valence-electron chi connectivity index (χ1n) is 7.70. The van der Waals surface area contributed by atoms with Crippen LogP contribution in [-0.2, 0) is 5.54 Å². The maximum atomic E-state index is 12.7. The first kappa shape index (κ1) is 16.0. The molecule has 2 aromatic heterocycles. The number of methoxy groups -OCH3 is 1. The molecule has 2 heterocycles. The summed E-state index contributed by atoms with van der Waals surface area (Å²) in [5, 5.41) is 2.89. The monoisotopic (exact) mass is 324 g/mol. The van der Waals surface area contributed by atoms with Gasteiger partial charge in [-0.1, -0.05) is 12.1 Å². The third kappa shape index (κ3) is 2.82. The van der Waals surface area contributed by atoms with E-state index in [1.165, 1.54) is 7.11 Å². The zero-order valence-corrected chi connectivity index (χ0v) is 14.2. The quantitative estimate of drug-likeness (QED) is 0.801. The molecule has 0 saturated heterocycles. The highest BCUT2D eigenvalue weighted by molar-refractivity contribution is 6.05. The van der Waals surface area contributed by atoms with Gasteiger partial charge >= 0.3 is 0 Å². The number of imidazole rings is 1. The van der Waals surface area contributed by atoms with Crippen molar-refractivity contribution in [1.29, 1.82) is 0 Å². The fourth-order valence-electron chi connectivity index (χ4n) is 2.68. The molecule has 1 N–H and O–H groups in total. The van der Waals surface area contributed by atoms with E-state index in [4.69, 9.17) is 4.74 Å². The minimum atomic E-state index is -0.305. The normalized spacial score (nSPS) is 11.5. The molecule has 0 saturated carbocycles. The van der Waals surface area contributed by atoms with E-state index < -0.39 is 0 Å². The smallest absolute Gasteiger partial charge is 0.263 e. The largest absolute Gasteiger partial charge is 0.480 e. The molecule has 0 bridgehead atoms. The summed E-state index contributed by atoms with van der Waals surface area (Å²) in [4.78, 5) is 21.3. The number of anilines is 1. The van der Waals surface area contributed by atoms with Gasteiger partial charge in [-0.3, -0.25) is 10.1 Å². The van der Waals surface area contributed by atoms with Gasteiger partial charge in [0.15, 0.2) is 0 Å². The van der Waals surface area contributed by atoms with Crippen LogP contribution in [0.1, 0.15) is 31.1 Å². The molecule has 3 aromatic rings. The zero-order valence-electron chi connectivity index (χ0n) is 14.2. The van der Waals surface area contributed by atoms with Crippen molar-refractivity contribution < 1.29 is 9.53 Å². The van der Waals surface area contributed by atoms with E-state index in [2.05, 4.69) is 36.1 Å². The number of nitrogens with zero attached hydrogens (tertiary/aromatic N) is 3. The highest BCUT2D eigenvalue weighted by Crippen LogP contribution is 2.28. The predicted octanol–water partition coefficient (Wildman–Crippen LogP) is 3.45. The molecule has 0 atom stereocenters. The van der Waals surface area contributed by atoms with Crippen molar-refractivity contribution in [2.24, 2.45) is 0 Å². The molecule has 0 spiro atoms. The standard InChI is InChI=1S/C18H20N4O2/c1-18(2,3)22-14-10-6-5-9-13(14)20-17(22)21-15(23)12-8-7-11-19-16(12)24-4/h5-11H,1-4H3,(H,20,21,23). The third-order valence-electron chi connectivity index (χ3n) is 3.67. The average molecular weight is 324 g/mol. The first-order valence-corrected chi connectivity index (χ1v) is 7.70. The summed E-state index contributed by atoms with van der Waals surface area (Å²) < 4.78 is 7.18. The number of carbonyl (C=O) groups excluding carboxylic acids is 1. The van der Waals surface area contributed by atoms with Gasteiger partial charge in [0, 0.05) is 11.7 Å². The van der Waals surface area contributed by atoms with Gasteiger partial charge in [-0.25, -0.2) is 9.97 Å². The van der Waals surface area contributed by atoms with Crippen LogP contribution in [0.15, 0.2) is 42.6 Å². The van der Waals surface area contributed by atoms with Gasteiger partial charge in [0.05, 0.1) is 18.1 Å². The number of fused-ring (bicyclic) bond motifs is 1. The number of hydrogen-bond acceptors (Lipinski definition) is 4. The van der Waals surface area contributed by atoms with Crippen molar-refractivity contribution in [3.63, 3.8) is 0 Å². The lowest BCUT2D eigenvalue weighted by Crippen LogP contribution is -2.26. The fraction of sp³-hybridized carbons (Fsp3) is 0.278. The SMILES string of the molecule is COc1ncccc1C(=O)Nc1nc2ccccc2n1C(C)(C)C. The first-order chi connectivity index (χ1) is 11.4. The highest BCUT2D eigenvalue weighted by Gasteiger charge is 2.23. The molecule has 124 valence electrons. The lowest BCUT2D eigenvalue weighted by molar-refractivity contribution is 0.102. The summed E-state index contributed by atoms with van der Waals surface area (Å²) in [5.74, 6) is 0.480. The van der Waals surface area contributed by atoms with Gasteiger partial charge in [-0.15, -0.1) is 0 Å². The van der Waals surface area contributed by atoms with E-state index in [0.29, 0.717) is 11.5 Å². The van der Waals surface area contributed by atoms with Crippen LogP contribution < -0.4 is 10.1 Å². The summed E-state index contributed by atoms with van der Waals surface area (Å²) in [7, 11) is 1.49. The van der Waals surface area contributed by atoms with E-state index in [9.17, 15) is 4.79 Å². The number of nitrogens with one attached hydrogen (secondary N) is 1. The number of pyridine rings is 1. The Labute approximate surface area is 140 Å². The topological polar surface area (TPSA) is 69.0 Å². The highest BCUT2D eigenvalue weighted by atomic mass is 16.5. The van der Waals surface area contributed by atoms with Crippen LogP contribution in [0, 0.1) is 0 Å². The molecule has 0 aliphatic carbocycles. The van der Waals surface area contributed by atoms with Gasteiger partial charge in [0.25, 0.3) is 5.91 Å². The average Bonchev–Trinajstić information content (AvgIpc) is 2.92. The molecular weight excluding hydrogens is 304 g/mol. The van der Waals surface area contributed by atoms with E-state index in [-0.39, 0.29) is 17.3 Å².